The number of hydrogen-bond donors (Lipinski definition) is 0. The molecule has 1 spiro atoms. The maximum absolute atomic E-state index is 6.41. The summed E-state index contributed by atoms with van der Waals surface area (Å²) in [4.78, 5) is 0. The summed E-state index contributed by atoms with van der Waals surface area (Å²) in [5, 5.41) is 2.60. The molecular formula is C22H27BO3. The van der Waals surface area contributed by atoms with E-state index in [1.807, 2.05) is 0 Å². The molecule has 136 valence electrons. The van der Waals surface area contributed by atoms with Gasteiger partial charge in [0.2, 0.25) is 0 Å². The molecule has 1 saturated carbocycles. The fourth-order valence-corrected chi connectivity index (χ4v) is 4.99. The van der Waals surface area contributed by atoms with Gasteiger partial charge >= 0.3 is 7.12 Å². The van der Waals surface area contributed by atoms with Crippen molar-refractivity contribution in [2.24, 2.45) is 5.41 Å². The molecular weight excluding hydrogens is 323 g/mol. The fourth-order valence-electron chi connectivity index (χ4n) is 4.99. The maximum atomic E-state index is 6.41. The van der Waals surface area contributed by atoms with E-state index in [1.165, 1.54) is 16.3 Å². The highest BCUT2D eigenvalue weighted by Crippen LogP contribution is 2.66. The van der Waals surface area contributed by atoms with Crippen molar-refractivity contribution in [1.82, 2.24) is 0 Å². The first-order chi connectivity index (χ1) is 12.3. The van der Waals surface area contributed by atoms with Crippen molar-refractivity contribution < 1.29 is 14.0 Å². The van der Waals surface area contributed by atoms with Gasteiger partial charge in [-0.1, -0.05) is 42.5 Å². The molecule has 2 saturated heterocycles. The van der Waals surface area contributed by atoms with Crippen molar-refractivity contribution in [3.8, 4) is 0 Å². The van der Waals surface area contributed by atoms with Crippen molar-refractivity contribution >= 4 is 17.9 Å². The Bertz CT molecular complexity index is 839. The molecule has 2 aromatic rings. The van der Waals surface area contributed by atoms with Crippen molar-refractivity contribution in [1.29, 1.82) is 0 Å². The monoisotopic (exact) mass is 350 g/mol. The molecule has 2 aliphatic heterocycles. The first-order valence-corrected chi connectivity index (χ1v) is 9.74. The zero-order valence-corrected chi connectivity index (χ0v) is 16.1. The van der Waals surface area contributed by atoms with Crippen LogP contribution in [0.4, 0.5) is 0 Å². The normalized spacial score (nSPS) is 31.0. The van der Waals surface area contributed by atoms with E-state index in [0.29, 0.717) is 11.7 Å². The van der Waals surface area contributed by atoms with Crippen LogP contribution in [0.3, 0.4) is 0 Å². The van der Waals surface area contributed by atoms with Crippen LogP contribution in [0, 0.1) is 5.41 Å². The summed E-state index contributed by atoms with van der Waals surface area (Å²) >= 11 is 0. The third-order valence-electron chi connectivity index (χ3n) is 7.26. The Balaban J connectivity index is 1.49. The zero-order chi connectivity index (χ0) is 18.2. The van der Waals surface area contributed by atoms with Crippen LogP contribution in [0.5, 0.6) is 0 Å². The minimum absolute atomic E-state index is 0.136. The number of hydrogen-bond acceptors (Lipinski definition) is 3. The maximum Gasteiger partial charge on any atom is 0.461 e. The smallest absolute Gasteiger partial charge is 0.403 e. The summed E-state index contributed by atoms with van der Waals surface area (Å²) in [6, 6.07) is 15.5. The van der Waals surface area contributed by atoms with Crippen LogP contribution in [0.25, 0.3) is 10.8 Å². The second kappa shape index (κ2) is 5.34. The average molecular weight is 350 g/mol. The number of rotatable bonds is 2. The van der Waals surface area contributed by atoms with E-state index in [1.54, 1.807) is 0 Å². The van der Waals surface area contributed by atoms with Crippen molar-refractivity contribution in [2.75, 3.05) is 13.2 Å². The van der Waals surface area contributed by atoms with Crippen LogP contribution >= 0.6 is 0 Å². The molecule has 1 aliphatic carbocycles. The molecule has 3 fully saturated rings. The number of ether oxygens (including phenoxy) is 1. The van der Waals surface area contributed by atoms with Gasteiger partial charge in [-0.05, 0) is 56.4 Å². The molecule has 2 unspecified atom stereocenters. The van der Waals surface area contributed by atoms with Crippen molar-refractivity contribution in [2.45, 2.75) is 57.1 Å². The highest BCUT2D eigenvalue weighted by molar-refractivity contribution is 6.48. The molecule has 3 nitrogen and oxygen atoms in total. The lowest BCUT2D eigenvalue weighted by molar-refractivity contribution is -0.174. The zero-order valence-electron chi connectivity index (χ0n) is 16.1. The molecule has 0 bridgehead atoms. The summed E-state index contributed by atoms with van der Waals surface area (Å²) in [7, 11) is -0.136. The predicted octanol–water partition coefficient (Wildman–Crippen LogP) is 4.81. The molecule has 2 atom stereocenters. The van der Waals surface area contributed by atoms with Crippen LogP contribution in [-0.2, 0) is 14.0 Å². The molecule has 0 aromatic heterocycles. The molecule has 2 aromatic carbocycles. The molecule has 26 heavy (non-hydrogen) atoms. The average Bonchev–Trinajstić information content (AvgIpc) is 2.72. The Morgan fingerprint density at radius 1 is 0.885 bits per heavy atom. The lowest BCUT2D eigenvalue weighted by Gasteiger charge is -2.60. The SMILES string of the molecule is CC1(C)OB(C2CC3(COC3)C2c2ccc3ccccc3c2)OC1(C)C. The molecule has 4 heteroatoms. The third kappa shape index (κ3) is 2.25. The van der Waals surface area contributed by atoms with Gasteiger partial charge < -0.3 is 14.0 Å². The van der Waals surface area contributed by atoms with Crippen LogP contribution in [0.2, 0.25) is 5.82 Å². The Kier molecular flexibility index (Phi) is 3.45. The molecule has 2 heterocycles. The summed E-state index contributed by atoms with van der Waals surface area (Å²) < 4.78 is 18.4. The number of fused-ring (bicyclic) bond motifs is 1. The van der Waals surface area contributed by atoms with Gasteiger partial charge in [-0.3, -0.25) is 0 Å². The van der Waals surface area contributed by atoms with Gasteiger partial charge in [-0.25, -0.2) is 0 Å². The fraction of sp³-hybridized carbons (Fsp3) is 0.545. The van der Waals surface area contributed by atoms with E-state index in [0.717, 1.165) is 19.6 Å². The lowest BCUT2D eigenvalue weighted by atomic mass is 9.40. The predicted molar refractivity (Wildman–Crippen MR) is 104 cm³/mol. The Morgan fingerprint density at radius 2 is 1.54 bits per heavy atom. The molecule has 3 aliphatic rings. The van der Waals surface area contributed by atoms with E-state index in [2.05, 4.69) is 70.2 Å². The quantitative estimate of drug-likeness (QED) is 0.728. The highest BCUT2D eigenvalue weighted by Gasteiger charge is 2.66. The van der Waals surface area contributed by atoms with Crippen molar-refractivity contribution in [3.63, 3.8) is 0 Å². The summed E-state index contributed by atoms with van der Waals surface area (Å²) in [6.07, 6.45) is 1.13. The Labute approximate surface area is 156 Å². The van der Waals surface area contributed by atoms with Gasteiger partial charge in [0.1, 0.15) is 0 Å². The van der Waals surface area contributed by atoms with Crippen LogP contribution < -0.4 is 0 Å². The molecule has 0 radical (unpaired) electrons. The highest BCUT2D eigenvalue weighted by atomic mass is 16.7. The van der Waals surface area contributed by atoms with Crippen LogP contribution in [-0.4, -0.2) is 31.5 Å². The topological polar surface area (TPSA) is 27.7 Å². The molecule has 5 rings (SSSR count). The van der Waals surface area contributed by atoms with Crippen molar-refractivity contribution in [3.05, 3.63) is 48.0 Å². The summed E-state index contributed by atoms with van der Waals surface area (Å²) in [6.45, 7) is 10.3. The standard InChI is InChI=1S/C22H27BO3/c1-20(2)21(3,4)26-23(25-20)18-12-22(13-24-14-22)19(18)17-10-9-15-7-5-6-8-16(15)11-17/h5-11,18-19H,12-14H2,1-4H3. The van der Waals surface area contributed by atoms with Crippen LogP contribution in [0.15, 0.2) is 42.5 Å². The third-order valence-corrected chi connectivity index (χ3v) is 7.26. The van der Waals surface area contributed by atoms with Gasteiger partial charge in [0.25, 0.3) is 0 Å². The Hall–Kier alpha value is -1.36. The van der Waals surface area contributed by atoms with Gasteiger partial charge in [-0.2, -0.15) is 0 Å². The van der Waals surface area contributed by atoms with Gasteiger partial charge in [0.05, 0.1) is 24.4 Å². The van der Waals surface area contributed by atoms with Gasteiger partial charge in [0, 0.05) is 11.2 Å². The second-order valence-corrected chi connectivity index (χ2v) is 9.43. The first kappa shape index (κ1) is 16.8. The van der Waals surface area contributed by atoms with Gasteiger partial charge in [-0.15, -0.1) is 0 Å². The van der Waals surface area contributed by atoms with E-state index >= 15 is 0 Å². The van der Waals surface area contributed by atoms with E-state index in [9.17, 15) is 0 Å². The lowest BCUT2D eigenvalue weighted by Crippen LogP contribution is -2.59. The second-order valence-electron chi connectivity index (χ2n) is 9.43. The van der Waals surface area contributed by atoms with E-state index < -0.39 is 0 Å². The largest absolute Gasteiger partial charge is 0.461 e. The molecule has 0 N–H and O–H groups in total. The minimum atomic E-state index is -0.273. The van der Waals surface area contributed by atoms with E-state index in [4.69, 9.17) is 14.0 Å². The minimum Gasteiger partial charge on any atom is -0.403 e. The van der Waals surface area contributed by atoms with Gasteiger partial charge in [0.15, 0.2) is 0 Å². The van der Waals surface area contributed by atoms with Crippen LogP contribution in [0.1, 0.15) is 45.6 Å². The summed E-state index contributed by atoms with van der Waals surface area (Å²) in [5.74, 6) is 0.830. The first-order valence-electron chi connectivity index (χ1n) is 9.74. The van der Waals surface area contributed by atoms with E-state index in [-0.39, 0.29) is 23.7 Å². The number of benzene rings is 2. The Morgan fingerprint density at radius 3 is 2.15 bits per heavy atom. The summed E-state index contributed by atoms with van der Waals surface area (Å²) in [5.41, 5.74) is 1.13. The molecule has 0 amide bonds.